The lowest BCUT2D eigenvalue weighted by Crippen LogP contribution is -2.04. The van der Waals surface area contributed by atoms with Gasteiger partial charge in [0.1, 0.15) is 6.61 Å². The third kappa shape index (κ3) is 2.99. The van der Waals surface area contributed by atoms with Crippen LogP contribution in [0, 0.1) is 12.7 Å². The number of carbonyl (C=O) groups excluding carboxylic acids is 1. The Kier molecular flexibility index (Phi) is 3.64. The maximum absolute atomic E-state index is 13.7. The van der Waals surface area contributed by atoms with Crippen LogP contribution < -0.4 is 4.74 Å². The summed E-state index contributed by atoms with van der Waals surface area (Å²) in [5, 5.41) is 4.18. The molecule has 0 aliphatic heterocycles. The van der Waals surface area contributed by atoms with Gasteiger partial charge in [0, 0.05) is 12.6 Å². The Labute approximate surface area is 110 Å². The van der Waals surface area contributed by atoms with Crippen molar-refractivity contribution in [3.05, 3.63) is 47.0 Å². The van der Waals surface area contributed by atoms with Gasteiger partial charge in [-0.1, -0.05) is 0 Å². The minimum absolute atomic E-state index is 0.129. The fraction of sp³-hybridized carbons (Fsp3) is 0.286. The number of ether oxygens (including phenoxy) is 1. The smallest absolute Gasteiger partial charge is 0.165 e. The summed E-state index contributed by atoms with van der Waals surface area (Å²) >= 11 is 0. The number of hydrogen-bond acceptors (Lipinski definition) is 3. The summed E-state index contributed by atoms with van der Waals surface area (Å²) in [5.74, 6) is -0.580. The molecule has 0 spiro atoms. The summed E-state index contributed by atoms with van der Waals surface area (Å²) in [6, 6.07) is 6.08. The van der Waals surface area contributed by atoms with Crippen LogP contribution in [-0.2, 0) is 13.7 Å². The van der Waals surface area contributed by atoms with Gasteiger partial charge in [0.25, 0.3) is 0 Å². The molecule has 0 N–H and O–H groups in total. The van der Waals surface area contributed by atoms with Gasteiger partial charge in [-0.3, -0.25) is 9.48 Å². The van der Waals surface area contributed by atoms with E-state index in [1.807, 2.05) is 13.0 Å². The molecular formula is C14H15FN2O2. The minimum atomic E-state index is -0.536. The quantitative estimate of drug-likeness (QED) is 0.796. The molecule has 0 unspecified atom stereocenters. The topological polar surface area (TPSA) is 44.1 Å². The van der Waals surface area contributed by atoms with Crippen LogP contribution in [0.2, 0.25) is 0 Å². The summed E-state index contributed by atoms with van der Waals surface area (Å²) < 4.78 is 20.8. The van der Waals surface area contributed by atoms with Gasteiger partial charge in [0.2, 0.25) is 0 Å². The molecular weight excluding hydrogens is 247 g/mol. The van der Waals surface area contributed by atoms with Gasteiger partial charge in [0.15, 0.2) is 17.3 Å². The van der Waals surface area contributed by atoms with E-state index in [1.54, 1.807) is 17.8 Å². The predicted molar refractivity (Wildman–Crippen MR) is 68.7 cm³/mol. The number of hydrogen-bond donors (Lipinski definition) is 0. The summed E-state index contributed by atoms with van der Waals surface area (Å²) in [6.45, 7) is 3.51. The molecule has 0 bridgehead atoms. The van der Waals surface area contributed by atoms with Crippen LogP contribution in [0.1, 0.15) is 28.7 Å². The van der Waals surface area contributed by atoms with Crippen molar-refractivity contribution in [2.45, 2.75) is 20.5 Å². The predicted octanol–water partition coefficient (Wildman–Crippen LogP) is 2.65. The summed E-state index contributed by atoms with van der Waals surface area (Å²) in [4.78, 5) is 11.1. The van der Waals surface area contributed by atoms with Crippen molar-refractivity contribution >= 4 is 5.78 Å². The SMILES string of the molecule is CC(=O)c1ccc(OCc2cc(C)nn2C)c(F)c1. The third-order valence-electron chi connectivity index (χ3n) is 2.81. The Morgan fingerprint density at radius 1 is 1.42 bits per heavy atom. The van der Waals surface area contributed by atoms with E-state index < -0.39 is 5.82 Å². The van der Waals surface area contributed by atoms with Crippen LogP contribution in [0.5, 0.6) is 5.75 Å². The molecule has 2 aromatic rings. The van der Waals surface area contributed by atoms with Crippen LogP contribution in [0.4, 0.5) is 4.39 Å². The summed E-state index contributed by atoms with van der Waals surface area (Å²) in [7, 11) is 1.81. The van der Waals surface area contributed by atoms with Gasteiger partial charge in [-0.15, -0.1) is 0 Å². The fourth-order valence-corrected chi connectivity index (χ4v) is 1.79. The molecule has 4 nitrogen and oxygen atoms in total. The molecule has 0 atom stereocenters. The number of carbonyl (C=O) groups is 1. The first-order valence-electron chi connectivity index (χ1n) is 5.90. The molecule has 1 aromatic heterocycles. The van der Waals surface area contributed by atoms with E-state index in [-0.39, 0.29) is 18.1 Å². The molecule has 0 fully saturated rings. The van der Waals surface area contributed by atoms with Gasteiger partial charge in [0.05, 0.1) is 11.4 Å². The molecule has 1 aromatic carbocycles. The number of Topliss-reactive ketones (excluding diaryl/α,β-unsaturated/α-hetero) is 1. The number of ketones is 1. The Bertz CT molecular complexity index is 620. The van der Waals surface area contributed by atoms with Gasteiger partial charge in [-0.2, -0.15) is 5.10 Å². The van der Waals surface area contributed by atoms with Crippen LogP contribution in [-0.4, -0.2) is 15.6 Å². The standard InChI is InChI=1S/C14H15FN2O2/c1-9-6-12(17(3)16-9)8-19-14-5-4-11(10(2)18)7-13(14)15/h4-7H,8H2,1-3H3. The first-order chi connectivity index (χ1) is 8.97. The van der Waals surface area contributed by atoms with Crippen LogP contribution >= 0.6 is 0 Å². The van der Waals surface area contributed by atoms with Crippen molar-refractivity contribution in [3.63, 3.8) is 0 Å². The molecule has 1 heterocycles. The van der Waals surface area contributed by atoms with Crippen molar-refractivity contribution < 1.29 is 13.9 Å². The molecule has 100 valence electrons. The average Bonchev–Trinajstić information content (AvgIpc) is 2.66. The number of nitrogens with zero attached hydrogens (tertiary/aromatic N) is 2. The highest BCUT2D eigenvalue weighted by atomic mass is 19.1. The Balaban J connectivity index is 2.12. The normalized spacial score (nSPS) is 10.5. The van der Waals surface area contributed by atoms with E-state index in [2.05, 4.69) is 5.10 Å². The van der Waals surface area contributed by atoms with Crippen LogP contribution in [0.25, 0.3) is 0 Å². The minimum Gasteiger partial charge on any atom is -0.484 e. The number of rotatable bonds is 4. The largest absolute Gasteiger partial charge is 0.484 e. The lowest BCUT2D eigenvalue weighted by molar-refractivity contribution is 0.101. The Morgan fingerprint density at radius 2 is 2.16 bits per heavy atom. The first-order valence-corrected chi connectivity index (χ1v) is 5.90. The van der Waals surface area contributed by atoms with E-state index in [1.165, 1.54) is 19.1 Å². The molecule has 5 heteroatoms. The second-order valence-electron chi connectivity index (χ2n) is 4.39. The number of aryl methyl sites for hydroxylation is 2. The van der Waals surface area contributed by atoms with Gasteiger partial charge >= 0.3 is 0 Å². The molecule has 19 heavy (non-hydrogen) atoms. The third-order valence-corrected chi connectivity index (χ3v) is 2.81. The molecule has 0 saturated heterocycles. The molecule has 0 saturated carbocycles. The van der Waals surface area contributed by atoms with Crippen LogP contribution in [0.15, 0.2) is 24.3 Å². The average molecular weight is 262 g/mol. The van der Waals surface area contributed by atoms with Crippen molar-refractivity contribution in [3.8, 4) is 5.75 Å². The zero-order chi connectivity index (χ0) is 14.0. The van der Waals surface area contributed by atoms with Crippen molar-refractivity contribution in [2.24, 2.45) is 7.05 Å². The number of halogens is 1. The molecule has 0 amide bonds. The molecule has 0 radical (unpaired) electrons. The van der Waals surface area contributed by atoms with E-state index in [9.17, 15) is 9.18 Å². The lowest BCUT2D eigenvalue weighted by atomic mass is 10.1. The highest BCUT2D eigenvalue weighted by molar-refractivity contribution is 5.94. The maximum atomic E-state index is 13.7. The van der Waals surface area contributed by atoms with Gasteiger partial charge < -0.3 is 4.74 Å². The van der Waals surface area contributed by atoms with Crippen molar-refractivity contribution in [1.82, 2.24) is 9.78 Å². The van der Waals surface area contributed by atoms with E-state index in [4.69, 9.17) is 4.74 Å². The highest BCUT2D eigenvalue weighted by Gasteiger charge is 2.09. The Morgan fingerprint density at radius 3 is 2.68 bits per heavy atom. The first kappa shape index (κ1) is 13.3. The van der Waals surface area contributed by atoms with Gasteiger partial charge in [-0.05, 0) is 38.1 Å². The van der Waals surface area contributed by atoms with E-state index in [0.717, 1.165) is 11.4 Å². The second-order valence-corrected chi connectivity index (χ2v) is 4.39. The number of benzene rings is 1. The van der Waals surface area contributed by atoms with Crippen LogP contribution in [0.3, 0.4) is 0 Å². The highest BCUT2D eigenvalue weighted by Crippen LogP contribution is 2.20. The molecule has 0 aliphatic rings. The summed E-state index contributed by atoms with van der Waals surface area (Å²) in [6.07, 6.45) is 0. The fourth-order valence-electron chi connectivity index (χ4n) is 1.79. The lowest BCUT2D eigenvalue weighted by Gasteiger charge is -2.08. The molecule has 0 aliphatic carbocycles. The van der Waals surface area contributed by atoms with Crippen molar-refractivity contribution in [2.75, 3.05) is 0 Å². The van der Waals surface area contributed by atoms with Gasteiger partial charge in [-0.25, -0.2) is 4.39 Å². The number of aromatic nitrogens is 2. The van der Waals surface area contributed by atoms with E-state index >= 15 is 0 Å². The maximum Gasteiger partial charge on any atom is 0.165 e. The zero-order valence-electron chi connectivity index (χ0n) is 11.1. The second kappa shape index (κ2) is 5.22. The Hall–Kier alpha value is -2.17. The monoisotopic (exact) mass is 262 g/mol. The zero-order valence-corrected chi connectivity index (χ0v) is 11.1. The molecule has 2 rings (SSSR count). The van der Waals surface area contributed by atoms with E-state index in [0.29, 0.717) is 5.56 Å². The van der Waals surface area contributed by atoms with Crippen molar-refractivity contribution in [1.29, 1.82) is 0 Å². The summed E-state index contributed by atoms with van der Waals surface area (Å²) in [5.41, 5.74) is 2.07.